The lowest BCUT2D eigenvalue weighted by molar-refractivity contribution is -0.130. The van der Waals surface area contributed by atoms with E-state index in [0.717, 1.165) is 9.91 Å². The monoisotopic (exact) mass is 478 g/mol. The van der Waals surface area contributed by atoms with E-state index in [0.29, 0.717) is 16.5 Å². The zero-order valence-corrected chi connectivity index (χ0v) is 18.5. The molecule has 9 nitrogen and oxygen atoms in total. The van der Waals surface area contributed by atoms with Crippen molar-refractivity contribution in [3.05, 3.63) is 89.7 Å². The molecule has 1 atom stereocenters. The Balaban J connectivity index is 1.55. The molecule has 1 saturated heterocycles. The van der Waals surface area contributed by atoms with Crippen LogP contribution in [-0.2, 0) is 14.4 Å². The van der Waals surface area contributed by atoms with Crippen molar-refractivity contribution < 1.29 is 23.9 Å². The number of ether oxygens (including phenoxy) is 1. The Labute approximate surface area is 199 Å². The summed E-state index contributed by atoms with van der Waals surface area (Å²) >= 11 is 5.84. The van der Waals surface area contributed by atoms with Gasteiger partial charge < -0.3 is 4.74 Å². The van der Waals surface area contributed by atoms with Crippen LogP contribution in [0.15, 0.2) is 79.1 Å². The second-order valence-corrected chi connectivity index (χ2v) is 7.75. The Hall–Kier alpha value is -4.24. The molecule has 2 aromatic carbocycles. The molecule has 0 bridgehead atoms. The average molecular weight is 479 g/mol. The molecular weight excluding hydrogens is 460 g/mol. The van der Waals surface area contributed by atoms with Crippen LogP contribution in [0.1, 0.15) is 16.8 Å². The van der Waals surface area contributed by atoms with Gasteiger partial charge in [-0.3, -0.25) is 29.6 Å². The van der Waals surface area contributed by atoms with Gasteiger partial charge in [0.1, 0.15) is 11.8 Å². The molecule has 1 aliphatic rings. The van der Waals surface area contributed by atoms with Crippen molar-refractivity contribution in [1.29, 1.82) is 0 Å². The van der Waals surface area contributed by atoms with Gasteiger partial charge in [0.25, 0.3) is 17.7 Å². The van der Waals surface area contributed by atoms with Gasteiger partial charge in [-0.15, -0.1) is 0 Å². The normalized spacial score (nSPS) is 15.2. The number of carbonyl (C=O) groups excluding carboxylic acids is 4. The third-order valence-corrected chi connectivity index (χ3v) is 5.26. The summed E-state index contributed by atoms with van der Waals surface area (Å²) in [6, 6.07) is 16.6. The van der Waals surface area contributed by atoms with Crippen LogP contribution < -0.4 is 15.1 Å². The second kappa shape index (κ2) is 10.1. The number of amides is 4. The molecule has 4 amide bonds. The number of nitrogens with zero attached hydrogens (tertiary/aromatic N) is 3. The first-order chi connectivity index (χ1) is 16.4. The van der Waals surface area contributed by atoms with E-state index >= 15 is 0 Å². The SMILES string of the molecule is O=C(COc1ccc(Cl)cc1)NN(C(=O)c1cccnc1)C1CC(=O)N(c2ccccc2)C1=O. The van der Waals surface area contributed by atoms with Gasteiger partial charge in [0.15, 0.2) is 6.61 Å². The fourth-order valence-corrected chi connectivity index (χ4v) is 3.54. The third kappa shape index (κ3) is 5.05. The number of anilines is 1. The molecule has 0 radical (unpaired) electrons. The van der Waals surface area contributed by atoms with Crippen molar-refractivity contribution in [2.24, 2.45) is 0 Å². The minimum Gasteiger partial charge on any atom is -0.484 e. The largest absolute Gasteiger partial charge is 0.484 e. The first kappa shape index (κ1) is 22.9. The van der Waals surface area contributed by atoms with Crippen LogP contribution in [0.3, 0.4) is 0 Å². The molecule has 0 saturated carbocycles. The van der Waals surface area contributed by atoms with E-state index in [1.165, 1.54) is 18.5 Å². The Kier molecular flexibility index (Phi) is 6.84. The van der Waals surface area contributed by atoms with Crippen LogP contribution in [0, 0.1) is 0 Å². The highest BCUT2D eigenvalue weighted by molar-refractivity contribution is 6.30. The summed E-state index contributed by atoms with van der Waals surface area (Å²) < 4.78 is 5.43. The van der Waals surface area contributed by atoms with Gasteiger partial charge in [-0.2, -0.15) is 0 Å². The topological polar surface area (TPSA) is 109 Å². The first-order valence-corrected chi connectivity index (χ1v) is 10.6. The fourth-order valence-electron chi connectivity index (χ4n) is 3.41. The second-order valence-electron chi connectivity index (χ2n) is 7.32. The Morgan fingerprint density at radius 3 is 2.47 bits per heavy atom. The highest BCUT2D eigenvalue weighted by Gasteiger charge is 2.45. The number of rotatable bonds is 6. The molecule has 1 N–H and O–H groups in total. The third-order valence-electron chi connectivity index (χ3n) is 5.00. The number of hydrogen-bond donors (Lipinski definition) is 1. The van der Waals surface area contributed by atoms with Gasteiger partial charge in [-0.05, 0) is 48.5 Å². The molecule has 1 fully saturated rings. The Morgan fingerprint density at radius 2 is 1.79 bits per heavy atom. The molecule has 3 aromatic rings. The molecule has 2 heterocycles. The summed E-state index contributed by atoms with van der Waals surface area (Å²) in [5.74, 6) is -2.10. The van der Waals surface area contributed by atoms with Crippen LogP contribution in [0.4, 0.5) is 5.69 Å². The van der Waals surface area contributed by atoms with Crippen molar-refractivity contribution >= 4 is 40.9 Å². The minimum atomic E-state index is -1.24. The number of halogens is 1. The summed E-state index contributed by atoms with van der Waals surface area (Å²) in [6.45, 7) is -0.435. The van der Waals surface area contributed by atoms with Crippen LogP contribution in [-0.4, -0.2) is 46.3 Å². The van der Waals surface area contributed by atoms with E-state index in [-0.39, 0.29) is 12.0 Å². The molecule has 1 aromatic heterocycles. The highest BCUT2D eigenvalue weighted by atomic mass is 35.5. The summed E-state index contributed by atoms with van der Waals surface area (Å²) in [4.78, 5) is 56.6. The molecule has 172 valence electrons. The summed E-state index contributed by atoms with van der Waals surface area (Å²) in [5.41, 5.74) is 2.95. The van der Waals surface area contributed by atoms with Gasteiger partial charge >= 0.3 is 0 Å². The predicted octanol–water partition coefficient (Wildman–Crippen LogP) is 2.62. The fraction of sp³-hybridized carbons (Fsp3) is 0.125. The molecule has 0 spiro atoms. The summed E-state index contributed by atoms with van der Waals surface area (Å²) in [7, 11) is 0. The maximum absolute atomic E-state index is 13.2. The summed E-state index contributed by atoms with van der Waals surface area (Å²) in [5, 5.41) is 1.38. The number of para-hydroxylation sites is 1. The number of aromatic nitrogens is 1. The molecular formula is C24H19ClN4O5. The smallest absolute Gasteiger partial charge is 0.276 e. The van der Waals surface area contributed by atoms with E-state index in [1.54, 1.807) is 60.7 Å². The molecule has 0 aliphatic carbocycles. The number of carbonyl (C=O) groups is 4. The van der Waals surface area contributed by atoms with E-state index in [2.05, 4.69) is 10.4 Å². The lowest BCUT2D eigenvalue weighted by Gasteiger charge is -2.27. The van der Waals surface area contributed by atoms with Gasteiger partial charge in [0, 0.05) is 17.4 Å². The average Bonchev–Trinajstić information content (AvgIpc) is 3.16. The predicted molar refractivity (Wildman–Crippen MR) is 123 cm³/mol. The maximum atomic E-state index is 13.2. The summed E-state index contributed by atoms with van der Waals surface area (Å²) in [6.07, 6.45) is 2.50. The standard InChI is InChI=1S/C24H19ClN4O5/c25-17-8-10-19(11-9-17)34-15-21(30)27-29(23(32)16-5-4-12-26-14-16)20-13-22(31)28(24(20)33)18-6-2-1-3-7-18/h1-12,14,20H,13,15H2,(H,27,30). The molecule has 1 aliphatic heterocycles. The van der Waals surface area contributed by atoms with Gasteiger partial charge in [-0.1, -0.05) is 29.8 Å². The van der Waals surface area contributed by atoms with Crippen LogP contribution in [0.5, 0.6) is 5.75 Å². The van der Waals surface area contributed by atoms with E-state index in [4.69, 9.17) is 16.3 Å². The van der Waals surface area contributed by atoms with Crippen molar-refractivity contribution in [3.63, 3.8) is 0 Å². The minimum absolute atomic E-state index is 0.139. The Bertz CT molecular complexity index is 1210. The maximum Gasteiger partial charge on any atom is 0.276 e. The molecule has 34 heavy (non-hydrogen) atoms. The van der Waals surface area contributed by atoms with Crippen LogP contribution in [0.2, 0.25) is 5.02 Å². The van der Waals surface area contributed by atoms with Crippen molar-refractivity contribution in [1.82, 2.24) is 15.4 Å². The van der Waals surface area contributed by atoms with Crippen LogP contribution in [0.25, 0.3) is 0 Å². The van der Waals surface area contributed by atoms with Crippen LogP contribution >= 0.6 is 11.6 Å². The van der Waals surface area contributed by atoms with E-state index < -0.39 is 36.3 Å². The van der Waals surface area contributed by atoms with Gasteiger partial charge in [0.2, 0.25) is 5.91 Å². The number of hydrogen-bond acceptors (Lipinski definition) is 6. The molecule has 1 unspecified atom stereocenters. The number of pyridine rings is 1. The lowest BCUT2D eigenvalue weighted by Crippen LogP contribution is -2.55. The van der Waals surface area contributed by atoms with E-state index in [1.807, 2.05) is 0 Å². The molecule has 4 rings (SSSR count). The highest BCUT2D eigenvalue weighted by Crippen LogP contribution is 2.25. The number of nitrogens with one attached hydrogen (secondary N) is 1. The zero-order chi connectivity index (χ0) is 24.1. The first-order valence-electron chi connectivity index (χ1n) is 10.3. The van der Waals surface area contributed by atoms with E-state index in [9.17, 15) is 19.2 Å². The number of imide groups is 1. The quantitative estimate of drug-likeness (QED) is 0.431. The van der Waals surface area contributed by atoms with Crippen molar-refractivity contribution in [2.75, 3.05) is 11.5 Å². The molecule has 10 heteroatoms. The van der Waals surface area contributed by atoms with Gasteiger partial charge in [-0.25, -0.2) is 9.91 Å². The lowest BCUT2D eigenvalue weighted by atomic mass is 10.2. The number of hydrazine groups is 1. The zero-order valence-electron chi connectivity index (χ0n) is 17.8. The Morgan fingerprint density at radius 1 is 1.06 bits per heavy atom. The van der Waals surface area contributed by atoms with Crippen molar-refractivity contribution in [2.45, 2.75) is 12.5 Å². The van der Waals surface area contributed by atoms with Crippen molar-refractivity contribution in [3.8, 4) is 5.75 Å². The van der Waals surface area contributed by atoms with Gasteiger partial charge in [0.05, 0.1) is 17.7 Å². The number of benzene rings is 2.